The molecule has 0 radical (unpaired) electrons. The molecule has 1 aromatic heterocycles. The minimum atomic E-state index is -4.53. The van der Waals surface area contributed by atoms with Gasteiger partial charge in [0.15, 0.2) is 0 Å². The Morgan fingerprint density at radius 3 is 2.57 bits per heavy atom. The number of nitrogens with one attached hydrogen (secondary N) is 1. The highest BCUT2D eigenvalue weighted by molar-refractivity contribution is 5.67. The summed E-state index contributed by atoms with van der Waals surface area (Å²) in [6.45, 7) is 4.84. The molecule has 0 aliphatic carbocycles. The summed E-state index contributed by atoms with van der Waals surface area (Å²) in [6.07, 6.45) is -3.18. The third-order valence-corrected chi connectivity index (χ3v) is 2.42. The van der Waals surface area contributed by atoms with Gasteiger partial charge in [-0.05, 0) is 26.8 Å². The molecule has 21 heavy (non-hydrogen) atoms. The molecule has 8 heteroatoms. The predicted octanol–water partition coefficient (Wildman–Crippen LogP) is 2.62. The van der Waals surface area contributed by atoms with E-state index in [1.54, 1.807) is 20.8 Å². The Bertz CT molecular complexity index is 498. The first-order valence-electron chi connectivity index (χ1n) is 6.24. The average Bonchev–Trinajstić information content (AvgIpc) is 2.33. The molecule has 118 valence electrons. The van der Waals surface area contributed by atoms with Crippen LogP contribution >= 0.6 is 0 Å². The summed E-state index contributed by atoms with van der Waals surface area (Å²) in [5.74, 6) is 0. The van der Waals surface area contributed by atoms with Crippen LogP contribution in [0, 0.1) is 0 Å². The second-order valence-corrected chi connectivity index (χ2v) is 5.45. The minimum absolute atomic E-state index is 0.180. The summed E-state index contributed by atoms with van der Waals surface area (Å²) >= 11 is 0. The number of alkyl carbamates (subject to hydrolysis) is 1. The van der Waals surface area contributed by atoms with Gasteiger partial charge in [-0.3, -0.25) is 4.98 Å². The number of hydrogen-bond acceptors (Lipinski definition) is 4. The average molecular weight is 305 g/mol. The van der Waals surface area contributed by atoms with Crippen molar-refractivity contribution in [2.45, 2.75) is 38.6 Å². The van der Waals surface area contributed by atoms with Gasteiger partial charge >= 0.3 is 12.3 Å². The fourth-order valence-electron chi connectivity index (χ4n) is 1.58. The van der Waals surface area contributed by atoms with Gasteiger partial charge in [0, 0.05) is 30.5 Å². The molecule has 1 aromatic rings. The predicted molar refractivity (Wildman–Crippen MR) is 70.4 cm³/mol. The minimum Gasteiger partial charge on any atom is -0.444 e. The second-order valence-electron chi connectivity index (χ2n) is 5.45. The highest BCUT2D eigenvalue weighted by Crippen LogP contribution is 2.33. The molecule has 1 atom stereocenters. The summed E-state index contributed by atoms with van der Waals surface area (Å²) in [4.78, 5) is 15.1. The van der Waals surface area contributed by atoms with Crippen LogP contribution in [-0.4, -0.2) is 23.2 Å². The molecule has 0 fully saturated rings. The van der Waals surface area contributed by atoms with Crippen LogP contribution in [0.5, 0.6) is 0 Å². The molecule has 0 aliphatic rings. The number of nitrogens with zero attached hydrogens (tertiary/aromatic N) is 1. The van der Waals surface area contributed by atoms with E-state index in [0.717, 1.165) is 18.5 Å². The number of hydrogen-bond donors (Lipinski definition) is 2. The number of alkyl halides is 3. The van der Waals surface area contributed by atoms with Crippen molar-refractivity contribution in [3.63, 3.8) is 0 Å². The summed E-state index contributed by atoms with van der Waals surface area (Å²) in [6, 6.07) is -0.189. The van der Waals surface area contributed by atoms with E-state index in [1.807, 2.05) is 0 Å². The highest BCUT2D eigenvalue weighted by Gasteiger charge is 2.34. The van der Waals surface area contributed by atoms with Gasteiger partial charge in [-0.25, -0.2) is 4.79 Å². The van der Waals surface area contributed by atoms with E-state index in [1.165, 1.54) is 0 Å². The Kier molecular flexibility index (Phi) is 5.16. The molecule has 1 rings (SSSR count). The fourth-order valence-corrected chi connectivity index (χ4v) is 1.58. The summed E-state index contributed by atoms with van der Waals surface area (Å²) < 4.78 is 43.5. The largest absolute Gasteiger partial charge is 0.444 e. The van der Waals surface area contributed by atoms with Crippen molar-refractivity contribution in [3.8, 4) is 0 Å². The van der Waals surface area contributed by atoms with Gasteiger partial charge in [-0.2, -0.15) is 13.2 Å². The lowest BCUT2D eigenvalue weighted by Crippen LogP contribution is -2.37. The standard InChI is InChI=1S/C13H18F3N3O2/c1-12(2,3)21-11(20)19-7-10(17)8-6-18-5-4-9(8)13(14,15)16/h4-6,10H,7,17H2,1-3H3,(H,19,20). The van der Waals surface area contributed by atoms with Crippen molar-refractivity contribution in [2.75, 3.05) is 6.54 Å². The van der Waals surface area contributed by atoms with E-state index in [4.69, 9.17) is 10.5 Å². The zero-order valence-corrected chi connectivity index (χ0v) is 12.0. The van der Waals surface area contributed by atoms with Crippen LogP contribution in [0.25, 0.3) is 0 Å². The molecule has 0 spiro atoms. The van der Waals surface area contributed by atoms with Crippen LogP contribution in [0.3, 0.4) is 0 Å². The Morgan fingerprint density at radius 2 is 2.05 bits per heavy atom. The van der Waals surface area contributed by atoms with Crippen LogP contribution in [0.4, 0.5) is 18.0 Å². The van der Waals surface area contributed by atoms with Gasteiger partial charge in [0.05, 0.1) is 5.56 Å². The molecule has 0 aromatic carbocycles. The fraction of sp³-hybridized carbons (Fsp3) is 0.538. The topological polar surface area (TPSA) is 77.2 Å². The molecule has 1 amide bonds. The SMILES string of the molecule is CC(C)(C)OC(=O)NCC(N)c1cnccc1C(F)(F)F. The number of nitrogens with two attached hydrogens (primary N) is 1. The molecular weight excluding hydrogens is 287 g/mol. The van der Waals surface area contributed by atoms with Crippen molar-refractivity contribution in [1.82, 2.24) is 10.3 Å². The molecule has 0 saturated carbocycles. The Labute approximate surface area is 120 Å². The van der Waals surface area contributed by atoms with E-state index in [0.29, 0.717) is 0 Å². The van der Waals surface area contributed by atoms with E-state index >= 15 is 0 Å². The molecule has 3 N–H and O–H groups in total. The number of amides is 1. The van der Waals surface area contributed by atoms with Crippen molar-refractivity contribution in [2.24, 2.45) is 5.73 Å². The van der Waals surface area contributed by atoms with Gasteiger partial charge in [-0.15, -0.1) is 0 Å². The van der Waals surface area contributed by atoms with Gasteiger partial charge in [0.2, 0.25) is 0 Å². The molecular formula is C13H18F3N3O2. The molecule has 1 heterocycles. The highest BCUT2D eigenvalue weighted by atomic mass is 19.4. The number of pyridine rings is 1. The number of rotatable bonds is 3. The monoisotopic (exact) mass is 305 g/mol. The number of ether oxygens (including phenoxy) is 1. The quantitative estimate of drug-likeness (QED) is 0.900. The lowest BCUT2D eigenvalue weighted by molar-refractivity contribution is -0.138. The number of carbonyl (C=O) groups is 1. The van der Waals surface area contributed by atoms with Crippen LogP contribution in [0.1, 0.15) is 37.9 Å². The molecule has 1 unspecified atom stereocenters. The zero-order valence-electron chi connectivity index (χ0n) is 12.0. The maximum absolute atomic E-state index is 12.8. The first-order chi connectivity index (χ1) is 9.50. The molecule has 0 saturated heterocycles. The third-order valence-electron chi connectivity index (χ3n) is 2.42. The number of halogens is 3. The Morgan fingerprint density at radius 1 is 1.43 bits per heavy atom. The Balaban J connectivity index is 2.73. The lowest BCUT2D eigenvalue weighted by atomic mass is 10.0. The van der Waals surface area contributed by atoms with Gasteiger partial charge in [-0.1, -0.05) is 0 Å². The first-order valence-corrected chi connectivity index (χ1v) is 6.24. The zero-order chi connectivity index (χ0) is 16.3. The van der Waals surface area contributed by atoms with Crippen molar-refractivity contribution < 1.29 is 22.7 Å². The van der Waals surface area contributed by atoms with Gasteiger partial charge in [0.25, 0.3) is 0 Å². The lowest BCUT2D eigenvalue weighted by Gasteiger charge is -2.21. The smallest absolute Gasteiger partial charge is 0.416 e. The van der Waals surface area contributed by atoms with Crippen LogP contribution in [-0.2, 0) is 10.9 Å². The van der Waals surface area contributed by atoms with Crippen molar-refractivity contribution in [1.29, 1.82) is 0 Å². The van der Waals surface area contributed by atoms with E-state index < -0.39 is 29.5 Å². The van der Waals surface area contributed by atoms with Crippen molar-refractivity contribution >= 4 is 6.09 Å². The molecule has 5 nitrogen and oxygen atoms in total. The maximum Gasteiger partial charge on any atom is 0.416 e. The van der Waals surface area contributed by atoms with Crippen LogP contribution in [0.15, 0.2) is 18.5 Å². The normalized spacial score (nSPS) is 13.7. The van der Waals surface area contributed by atoms with Gasteiger partial charge < -0.3 is 15.8 Å². The maximum atomic E-state index is 12.8. The summed E-state index contributed by atoms with van der Waals surface area (Å²) in [5, 5.41) is 2.33. The number of carbonyl (C=O) groups excluding carboxylic acids is 1. The number of aromatic nitrogens is 1. The Hall–Kier alpha value is -1.83. The second kappa shape index (κ2) is 6.30. The summed E-state index contributed by atoms with van der Waals surface area (Å²) in [7, 11) is 0. The van der Waals surface area contributed by atoms with E-state index in [9.17, 15) is 18.0 Å². The van der Waals surface area contributed by atoms with Crippen LogP contribution in [0.2, 0.25) is 0 Å². The third kappa shape index (κ3) is 5.58. The molecule has 0 bridgehead atoms. The summed E-state index contributed by atoms with van der Waals surface area (Å²) in [5.41, 5.74) is 3.96. The van der Waals surface area contributed by atoms with E-state index in [2.05, 4.69) is 10.3 Å². The van der Waals surface area contributed by atoms with Gasteiger partial charge in [0.1, 0.15) is 5.60 Å². The van der Waals surface area contributed by atoms with E-state index in [-0.39, 0.29) is 12.1 Å². The van der Waals surface area contributed by atoms with Crippen molar-refractivity contribution in [3.05, 3.63) is 29.6 Å². The van der Waals surface area contributed by atoms with Crippen LogP contribution < -0.4 is 11.1 Å². The molecule has 0 aliphatic heterocycles. The first kappa shape index (κ1) is 17.2.